The van der Waals surface area contributed by atoms with Crippen molar-refractivity contribution in [3.8, 4) is 0 Å². The Morgan fingerprint density at radius 2 is 2.29 bits per heavy atom. The number of thiocarbonyl (C=S) groups is 1. The Bertz CT molecular complexity index is 182. The molecule has 0 aliphatic carbocycles. The van der Waals surface area contributed by atoms with Crippen LogP contribution in [0, 0.1) is 5.92 Å². The summed E-state index contributed by atoms with van der Waals surface area (Å²) in [5.74, 6) is 2.05. The van der Waals surface area contributed by atoms with Gasteiger partial charge in [0.2, 0.25) is 0 Å². The van der Waals surface area contributed by atoms with Crippen molar-refractivity contribution in [1.29, 1.82) is 0 Å². The Labute approximate surface area is 97.6 Å². The first kappa shape index (κ1) is 12.3. The summed E-state index contributed by atoms with van der Waals surface area (Å²) in [6.45, 7) is 6.93. The third-order valence-electron chi connectivity index (χ3n) is 2.87. The second-order valence-electron chi connectivity index (χ2n) is 3.98. The summed E-state index contributed by atoms with van der Waals surface area (Å²) in [6.07, 6.45) is 5.35. The Morgan fingerprint density at radius 3 is 2.79 bits per heavy atom. The molecule has 0 radical (unpaired) electrons. The van der Waals surface area contributed by atoms with Crippen LogP contribution in [-0.4, -0.2) is 28.1 Å². The van der Waals surface area contributed by atoms with Crippen LogP contribution in [-0.2, 0) is 0 Å². The van der Waals surface area contributed by atoms with Crippen LogP contribution in [0.4, 0.5) is 0 Å². The predicted molar refractivity (Wildman–Crippen MR) is 69.9 cm³/mol. The largest absolute Gasteiger partial charge is 0.356 e. The highest BCUT2D eigenvalue weighted by molar-refractivity contribution is 8.23. The van der Waals surface area contributed by atoms with E-state index >= 15 is 0 Å². The van der Waals surface area contributed by atoms with Gasteiger partial charge in [-0.3, -0.25) is 0 Å². The Kier molecular flexibility index (Phi) is 5.87. The van der Waals surface area contributed by atoms with Crippen molar-refractivity contribution in [2.75, 3.05) is 18.8 Å². The summed E-state index contributed by atoms with van der Waals surface area (Å²) < 4.78 is 1.12. The van der Waals surface area contributed by atoms with Crippen LogP contribution in [0.1, 0.15) is 39.5 Å². The van der Waals surface area contributed by atoms with E-state index in [0.29, 0.717) is 0 Å². The van der Waals surface area contributed by atoms with E-state index in [0.717, 1.165) is 10.2 Å². The standard InChI is InChI=1S/C11H21NS2/c1-3-5-6-10(4-2)9-12-7-8-14-11(12)13/h10H,3-9H2,1-2H3. The minimum absolute atomic E-state index is 0.853. The summed E-state index contributed by atoms with van der Waals surface area (Å²) in [6, 6.07) is 0. The fourth-order valence-corrected chi connectivity index (χ4v) is 3.07. The van der Waals surface area contributed by atoms with E-state index in [1.807, 2.05) is 11.8 Å². The van der Waals surface area contributed by atoms with Crippen LogP contribution in [0.15, 0.2) is 0 Å². The third kappa shape index (κ3) is 3.77. The van der Waals surface area contributed by atoms with Gasteiger partial charge in [-0.05, 0) is 12.3 Å². The molecule has 1 fully saturated rings. The number of rotatable bonds is 6. The Hall–Kier alpha value is 0.240. The van der Waals surface area contributed by atoms with E-state index in [9.17, 15) is 0 Å². The number of hydrogen-bond donors (Lipinski definition) is 0. The van der Waals surface area contributed by atoms with Gasteiger partial charge in [0.25, 0.3) is 0 Å². The summed E-state index contributed by atoms with van der Waals surface area (Å²) in [5, 5.41) is 0. The fraction of sp³-hybridized carbons (Fsp3) is 0.909. The van der Waals surface area contributed by atoms with Crippen LogP contribution in [0.5, 0.6) is 0 Å². The number of unbranched alkanes of at least 4 members (excludes halogenated alkanes) is 1. The van der Waals surface area contributed by atoms with Gasteiger partial charge in [0, 0.05) is 18.8 Å². The van der Waals surface area contributed by atoms with E-state index in [1.165, 1.54) is 44.5 Å². The smallest absolute Gasteiger partial charge is 0.136 e. The normalized spacial score (nSPS) is 19.0. The molecule has 1 unspecified atom stereocenters. The molecule has 0 amide bonds. The Balaban J connectivity index is 2.28. The highest BCUT2D eigenvalue weighted by Gasteiger charge is 2.20. The molecule has 1 rings (SSSR count). The van der Waals surface area contributed by atoms with Crippen LogP contribution >= 0.6 is 24.0 Å². The van der Waals surface area contributed by atoms with Gasteiger partial charge in [-0.15, -0.1) is 0 Å². The summed E-state index contributed by atoms with van der Waals surface area (Å²) in [5.41, 5.74) is 0. The molecular weight excluding hydrogens is 210 g/mol. The zero-order valence-electron chi connectivity index (χ0n) is 9.29. The second kappa shape index (κ2) is 6.67. The van der Waals surface area contributed by atoms with Gasteiger partial charge in [0.1, 0.15) is 4.32 Å². The molecule has 1 aliphatic heterocycles. The zero-order chi connectivity index (χ0) is 10.4. The SMILES string of the molecule is CCCCC(CC)CN1CCSC1=S. The van der Waals surface area contributed by atoms with E-state index in [2.05, 4.69) is 18.7 Å². The lowest BCUT2D eigenvalue weighted by Gasteiger charge is -2.23. The minimum Gasteiger partial charge on any atom is -0.356 e. The molecule has 1 nitrogen and oxygen atoms in total. The minimum atomic E-state index is 0.853. The van der Waals surface area contributed by atoms with Crippen LogP contribution in [0.2, 0.25) is 0 Å². The molecule has 3 heteroatoms. The molecule has 0 bridgehead atoms. The van der Waals surface area contributed by atoms with E-state index < -0.39 is 0 Å². The molecular formula is C11H21NS2. The van der Waals surface area contributed by atoms with E-state index in [1.54, 1.807) is 0 Å². The maximum atomic E-state index is 5.31. The quantitative estimate of drug-likeness (QED) is 0.644. The molecule has 0 aromatic heterocycles. The fourth-order valence-electron chi connectivity index (χ4n) is 1.82. The molecule has 0 spiro atoms. The molecule has 1 aliphatic rings. The zero-order valence-corrected chi connectivity index (χ0v) is 10.9. The van der Waals surface area contributed by atoms with E-state index in [-0.39, 0.29) is 0 Å². The van der Waals surface area contributed by atoms with Gasteiger partial charge in [-0.2, -0.15) is 0 Å². The second-order valence-corrected chi connectivity index (χ2v) is 5.71. The van der Waals surface area contributed by atoms with Gasteiger partial charge in [-0.25, -0.2) is 0 Å². The number of nitrogens with zero attached hydrogens (tertiary/aromatic N) is 1. The van der Waals surface area contributed by atoms with Crippen molar-refractivity contribution in [3.05, 3.63) is 0 Å². The number of hydrogen-bond acceptors (Lipinski definition) is 2. The highest BCUT2D eigenvalue weighted by Crippen LogP contribution is 2.22. The maximum absolute atomic E-state index is 5.31. The van der Waals surface area contributed by atoms with Crippen LogP contribution < -0.4 is 0 Å². The van der Waals surface area contributed by atoms with Crippen LogP contribution in [0.25, 0.3) is 0 Å². The lowest BCUT2D eigenvalue weighted by Crippen LogP contribution is -2.29. The first-order chi connectivity index (χ1) is 6.77. The maximum Gasteiger partial charge on any atom is 0.136 e. The van der Waals surface area contributed by atoms with Gasteiger partial charge in [-0.1, -0.05) is 57.1 Å². The Morgan fingerprint density at radius 1 is 1.50 bits per heavy atom. The van der Waals surface area contributed by atoms with E-state index in [4.69, 9.17) is 12.2 Å². The molecule has 0 N–H and O–H groups in total. The monoisotopic (exact) mass is 231 g/mol. The molecule has 1 saturated heterocycles. The van der Waals surface area contributed by atoms with Crippen molar-refractivity contribution in [2.45, 2.75) is 39.5 Å². The summed E-state index contributed by atoms with van der Waals surface area (Å²) in [4.78, 5) is 2.39. The summed E-state index contributed by atoms with van der Waals surface area (Å²) in [7, 11) is 0. The summed E-state index contributed by atoms with van der Waals surface area (Å²) >= 11 is 7.15. The topological polar surface area (TPSA) is 3.24 Å². The molecule has 1 atom stereocenters. The molecule has 0 saturated carbocycles. The molecule has 14 heavy (non-hydrogen) atoms. The van der Waals surface area contributed by atoms with Gasteiger partial charge in [0.05, 0.1) is 0 Å². The van der Waals surface area contributed by atoms with Gasteiger partial charge in [0.15, 0.2) is 0 Å². The van der Waals surface area contributed by atoms with Crippen molar-refractivity contribution in [1.82, 2.24) is 4.90 Å². The first-order valence-corrected chi connectivity index (χ1v) is 7.09. The van der Waals surface area contributed by atoms with Crippen molar-refractivity contribution < 1.29 is 0 Å². The molecule has 0 aromatic carbocycles. The molecule has 1 heterocycles. The van der Waals surface area contributed by atoms with Crippen molar-refractivity contribution in [3.63, 3.8) is 0 Å². The van der Waals surface area contributed by atoms with Gasteiger partial charge >= 0.3 is 0 Å². The first-order valence-electron chi connectivity index (χ1n) is 5.69. The highest BCUT2D eigenvalue weighted by atomic mass is 32.2. The average Bonchev–Trinajstić information content (AvgIpc) is 2.59. The third-order valence-corrected chi connectivity index (χ3v) is 4.37. The molecule has 0 aromatic rings. The molecule has 82 valence electrons. The average molecular weight is 231 g/mol. The van der Waals surface area contributed by atoms with Gasteiger partial charge < -0.3 is 4.90 Å². The predicted octanol–water partition coefficient (Wildman–Crippen LogP) is 3.54. The van der Waals surface area contributed by atoms with Crippen molar-refractivity contribution in [2.24, 2.45) is 5.92 Å². The lowest BCUT2D eigenvalue weighted by atomic mass is 9.99. The lowest BCUT2D eigenvalue weighted by molar-refractivity contribution is 0.334. The number of thioether (sulfide) groups is 1. The van der Waals surface area contributed by atoms with Crippen molar-refractivity contribution >= 4 is 28.3 Å². The van der Waals surface area contributed by atoms with Crippen LogP contribution in [0.3, 0.4) is 0 Å².